The molecule has 0 bridgehead atoms. The number of hydrogen-bond acceptors (Lipinski definition) is 2. The SMILES string of the molecule is C/C=C/CCCCCCCCCCCCCCCCC.N.N. The van der Waals surface area contributed by atoms with Gasteiger partial charge < -0.3 is 12.3 Å². The standard InChI is InChI=1S/C20H40.2H3N/c1-3-5-7-9-11-13-15-17-19-20-18-16-14-12-10-8-6-4-2;;/h3,5H,4,6-20H2,1-2H3;2*1H3/b5-3+;;. The van der Waals surface area contributed by atoms with Crippen LogP contribution in [0, 0.1) is 0 Å². The first-order chi connectivity index (χ1) is 9.91. The lowest BCUT2D eigenvalue weighted by molar-refractivity contribution is 0.533. The fourth-order valence-electron chi connectivity index (χ4n) is 2.80. The van der Waals surface area contributed by atoms with Gasteiger partial charge in [-0.1, -0.05) is 109 Å². The minimum atomic E-state index is 0. The maximum atomic E-state index is 2.29. The van der Waals surface area contributed by atoms with E-state index in [0.717, 1.165) is 0 Å². The van der Waals surface area contributed by atoms with Crippen LogP contribution in [0.5, 0.6) is 0 Å². The molecule has 0 fully saturated rings. The van der Waals surface area contributed by atoms with Crippen LogP contribution in [0.25, 0.3) is 0 Å². The van der Waals surface area contributed by atoms with Gasteiger partial charge in [-0.25, -0.2) is 0 Å². The van der Waals surface area contributed by atoms with Crippen LogP contribution in [-0.2, 0) is 0 Å². The fraction of sp³-hybridized carbons (Fsp3) is 0.900. The van der Waals surface area contributed by atoms with Crippen LogP contribution in [-0.4, -0.2) is 0 Å². The van der Waals surface area contributed by atoms with Gasteiger partial charge in [0.2, 0.25) is 0 Å². The van der Waals surface area contributed by atoms with E-state index >= 15 is 0 Å². The van der Waals surface area contributed by atoms with Crippen LogP contribution < -0.4 is 12.3 Å². The molecule has 22 heavy (non-hydrogen) atoms. The lowest BCUT2D eigenvalue weighted by Crippen LogP contribution is -1.83. The van der Waals surface area contributed by atoms with Crippen molar-refractivity contribution in [2.75, 3.05) is 0 Å². The summed E-state index contributed by atoms with van der Waals surface area (Å²) in [4.78, 5) is 0. The van der Waals surface area contributed by atoms with Gasteiger partial charge in [0.15, 0.2) is 0 Å². The molecule has 0 aromatic carbocycles. The zero-order chi connectivity index (χ0) is 14.7. The highest BCUT2D eigenvalue weighted by Gasteiger charge is 1.93. The number of allylic oxidation sites excluding steroid dienone is 2. The van der Waals surface area contributed by atoms with Crippen molar-refractivity contribution in [2.24, 2.45) is 0 Å². The molecule has 0 unspecified atom stereocenters. The van der Waals surface area contributed by atoms with Gasteiger partial charge in [0.1, 0.15) is 0 Å². The van der Waals surface area contributed by atoms with Crippen molar-refractivity contribution >= 4 is 0 Å². The Morgan fingerprint density at radius 3 is 1.14 bits per heavy atom. The van der Waals surface area contributed by atoms with Crippen LogP contribution in [0.2, 0.25) is 0 Å². The molecule has 0 aliphatic carbocycles. The zero-order valence-corrected chi connectivity index (χ0v) is 15.9. The van der Waals surface area contributed by atoms with E-state index in [2.05, 4.69) is 26.0 Å². The average molecular weight is 315 g/mol. The Balaban J connectivity index is -0.00000180. The van der Waals surface area contributed by atoms with Crippen molar-refractivity contribution in [3.8, 4) is 0 Å². The monoisotopic (exact) mass is 314 g/mol. The Bertz CT molecular complexity index is 190. The highest BCUT2D eigenvalue weighted by Crippen LogP contribution is 2.13. The molecular weight excluding hydrogens is 268 g/mol. The Kier molecular flexibility index (Phi) is 30.9. The van der Waals surface area contributed by atoms with Crippen molar-refractivity contribution in [1.82, 2.24) is 12.3 Å². The summed E-state index contributed by atoms with van der Waals surface area (Å²) in [6.45, 7) is 4.41. The summed E-state index contributed by atoms with van der Waals surface area (Å²) >= 11 is 0. The van der Waals surface area contributed by atoms with Crippen LogP contribution in [0.15, 0.2) is 12.2 Å². The highest BCUT2D eigenvalue weighted by atomic mass is 14.0. The molecule has 136 valence electrons. The molecule has 0 aromatic rings. The highest BCUT2D eigenvalue weighted by molar-refractivity contribution is 4.76. The van der Waals surface area contributed by atoms with Crippen molar-refractivity contribution in [2.45, 2.75) is 117 Å². The third kappa shape index (κ3) is 24.7. The zero-order valence-electron chi connectivity index (χ0n) is 15.9. The summed E-state index contributed by atoms with van der Waals surface area (Å²) in [6.07, 6.45) is 27.6. The molecule has 0 saturated carbocycles. The number of hydrogen-bond donors (Lipinski definition) is 2. The normalized spacial score (nSPS) is 10.5. The number of rotatable bonds is 16. The van der Waals surface area contributed by atoms with E-state index in [-0.39, 0.29) is 12.3 Å². The van der Waals surface area contributed by atoms with E-state index < -0.39 is 0 Å². The predicted molar refractivity (Wildman–Crippen MR) is 104 cm³/mol. The second kappa shape index (κ2) is 25.6. The smallest absolute Gasteiger partial charge is 0.0351 e. The minimum absolute atomic E-state index is 0. The maximum Gasteiger partial charge on any atom is -0.0351 e. The largest absolute Gasteiger partial charge is 0.344 e. The third-order valence-electron chi connectivity index (χ3n) is 4.21. The Hall–Kier alpha value is -0.340. The summed E-state index contributed by atoms with van der Waals surface area (Å²) in [5.41, 5.74) is 0. The van der Waals surface area contributed by atoms with E-state index in [9.17, 15) is 0 Å². The van der Waals surface area contributed by atoms with Crippen LogP contribution in [0.1, 0.15) is 117 Å². The topological polar surface area (TPSA) is 70.0 Å². The predicted octanol–water partition coefficient (Wildman–Crippen LogP) is 8.15. The van der Waals surface area contributed by atoms with Crippen LogP contribution >= 0.6 is 0 Å². The van der Waals surface area contributed by atoms with Gasteiger partial charge in [-0.3, -0.25) is 0 Å². The molecule has 0 aliphatic rings. The molecule has 0 saturated heterocycles. The van der Waals surface area contributed by atoms with E-state index in [1.165, 1.54) is 103 Å². The molecule has 2 heteroatoms. The number of unbranched alkanes of at least 4 members (excludes halogenated alkanes) is 15. The molecule has 6 N–H and O–H groups in total. The average Bonchev–Trinajstić information content (AvgIpc) is 2.47. The van der Waals surface area contributed by atoms with Gasteiger partial charge in [0, 0.05) is 0 Å². The van der Waals surface area contributed by atoms with E-state index in [1.807, 2.05) is 0 Å². The second-order valence-electron chi connectivity index (χ2n) is 6.31. The Morgan fingerprint density at radius 2 is 0.818 bits per heavy atom. The fourth-order valence-corrected chi connectivity index (χ4v) is 2.80. The van der Waals surface area contributed by atoms with Crippen molar-refractivity contribution in [3.05, 3.63) is 12.2 Å². The molecule has 0 spiro atoms. The first-order valence-electron chi connectivity index (χ1n) is 9.53. The second-order valence-corrected chi connectivity index (χ2v) is 6.31. The Morgan fingerprint density at radius 1 is 0.500 bits per heavy atom. The molecule has 0 rings (SSSR count). The molecule has 2 nitrogen and oxygen atoms in total. The molecule has 0 atom stereocenters. The summed E-state index contributed by atoms with van der Waals surface area (Å²) in [6, 6.07) is 0. The first kappa shape index (κ1) is 26.6. The van der Waals surface area contributed by atoms with Gasteiger partial charge in [0.25, 0.3) is 0 Å². The van der Waals surface area contributed by atoms with Crippen molar-refractivity contribution in [3.63, 3.8) is 0 Å². The molecule has 0 amide bonds. The van der Waals surface area contributed by atoms with Gasteiger partial charge in [0.05, 0.1) is 0 Å². The quantitative estimate of drug-likeness (QED) is 0.223. The summed E-state index contributed by atoms with van der Waals surface area (Å²) in [5.74, 6) is 0. The maximum absolute atomic E-state index is 2.29. The molecule has 0 radical (unpaired) electrons. The van der Waals surface area contributed by atoms with E-state index in [1.54, 1.807) is 0 Å². The molecule has 0 aliphatic heterocycles. The van der Waals surface area contributed by atoms with Gasteiger partial charge in [-0.05, 0) is 19.8 Å². The van der Waals surface area contributed by atoms with Gasteiger partial charge >= 0.3 is 0 Å². The molecule has 0 aromatic heterocycles. The summed E-state index contributed by atoms with van der Waals surface area (Å²) < 4.78 is 0. The lowest BCUT2D eigenvalue weighted by atomic mass is 10.0. The van der Waals surface area contributed by atoms with Crippen molar-refractivity contribution < 1.29 is 0 Å². The van der Waals surface area contributed by atoms with Gasteiger partial charge in [-0.15, -0.1) is 0 Å². The van der Waals surface area contributed by atoms with Crippen LogP contribution in [0.4, 0.5) is 0 Å². The molecular formula is C20H46N2. The lowest BCUT2D eigenvalue weighted by Gasteiger charge is -2.03. The molecule has 0 heterocycles. The first-order valence-corrected chi connectivity index (χ1v) is 9.53. The van der Waals surface area contributed by atoms with E-state index in [4.69, 9.17) is 0 Å². The minimum Gasteiger partial charge on any atom is -0.344 e. The summed E-state index contributed by atoms with van der Waals surface area (Å²) in [5, 5.41) is 0. The summed E-state index contributed by atoms with van der Waals surface area (Å²) in [7, 11) is 0. The third-order valence-corrected chi connectivity index (χ3v) is 4.21. The Labute approximate surface area is 141 Å². The van der Waals surface area contributed by atoms with Crippen LogP contribution in [0.3, 0.4) is 0 Å². The van der Waals surface area contributed by atoms with Gasteiger partial charge in [-0.2, -0.15) is 0 Å². The van der Waals surface area contributed by atoms with E-state index in [0.29, 0.717) is 0 Å². The van der Waals surface area contributed by atoms with Crippen molar-refractivity contribution in [1.29, 1.82) is 0 Å².